The lowest BCUT2D eigenvalue weighted by atomic mass is 10.1. The summed E-state index contributed by atoms with van der Waals surface area (Å²) in [6, 6.07) is 5.98. The molecule has 1 aromatic carbocycles. The molecule has 15 heavy (non-hydrogen) atoms. The minimum atomic E-state index is 0.160. The van der Waals surface area contributed by atoms with Crippen LogP contribution in [0.5, 0.6) is 5.75 Å². The maximum Gasteiger partial charge on any atom is 0.134 e. The highest BCUT2D eigenvalue weighted by molar-refractivity contribution is 7.98. The van der Waals surface area contributed by atoms with Gasteiger partial charge < -0.3 is 4.74 Å². The Balaban J connectivity index is 2.97. The van der Waals surface area contributed by atoms with Crippen LogP contribution < -0.4 is 4.74 Å². The van der Waals surface area contributed by atoms with E-state index in [1.54, 1.807) is 18.7 Å². The molecular weight excluding hydrogens is 208 g/mol. The SMILES string of the molecule is CCOc1cc(SC)ccc1CC(C)=O. The zero-order chi connectivity index (χ0) is 11.3. The Hall–Kier alpha value is -0.960. The molecule has 0 unspecified atom stereocenters. The lowest BCUT2D eigenvalue weighted by molar-refractivity contribution is -0.116. The van der Waals surface area contributed by atoms with Crippen LogP contribution in [0.4, 0.5) is 0 Å². The molecule has 3 heteroatoms. The third-order valence-electron chi connectivity index (χ3n) is 2.01. The van der Waals surface area contributed by atoms with Crippen LogP contribution in [0.2, 0.25) is 0 Å². The summed E-state index contributed by atoms with van der Waals surface area (Å²) < 4.78 is 5.51. The van der Waals surface area contributed by atoms with E-state index in [9.17, 15) is 4.79 Å². The monoisotopic (exact) mass is 224 g/mol. The molecule has 0 fully saturated rings. The second-order valence-corrected chi connectivity index (χ2v) is 4.17. The number of Topliss-reactive ketones (excluding diaryl/α,β-unsaturated/α-hetero) is 1. The smallest absolute Gasteiger partial charge is 0.134 e. The van der Waals surface area contributed by atoms with Crippen molar-refractivity contribution in [1.82, 2.24) is 0 Å². The van der Waals surface area contributed by atoms with E-state index < -0.39 is 0 Å². The largest absolute Gasteiger partial charge is 0.494 e. The van der Waals surface area contributed by atoms with E-state index in [1.807, 2.05) is 31.4 Å². The van der Waals surface area contributed by atoms with Crippen molar-refractivity contribution < 1.29 is 9.53 Å². The Labute approximate surface area is 95.0 Å². The van der Waals surface area contributed by atoms with Gasteiger partial charge in [-0.3, -0.25) is 4.79 Å². The maximum absolute atomic E-state index is 11.1. The Morgan fingerprint density at radius 3 is 2.73 bits per heavy atom. The van der Waals surface area contributed by atoms with E-state index in [0.717, 1.165) is 16.2 Å². The van der Waals surface area contributed by atoms with Gasteiger partial charge in [0.2, 0.25) is 0 Å². The Kier molecular flexibility index (Phi) is 4.69. The summed E-state index contributed by atoms with van der Waals surface area (Å²) in [7, 11) is 0. The van der Waals surface area contributed by atoms with Crippen LogP contribution in [0.1, 0.15) is 19.4 Å². The molecule has 0 bridgehead atoms. The Morgan fingerprint density at radius 1 is 1.47 bits per heavy atom. The van der Waals surface area contributed by atoms with Gasteiger partial charge in [0.05, 0.1) is 6.61 Å². The number of carbonyl (C=O) groups excluding carboxylic acids is 1. The molecule has 0 N–H and O–H groups in total. The van der Waals surface area contributed by atoms with Gasteiger partial charge >= 0.3 is 0 Å². The van der Waals surface area contributed by atoms with Crippen LogP contribution in [0.3, 0.4) is 0 Å². The van der Waals surface area contributed by atoms with Crippen LogP contribution >= 0.6 is 11.8 Å². The Morgan fingerprint density at radius 2 is 2.20 bits per heavy atom. The summed E-state index contributed by atoms with van der Waals surface area (Å²) in [5, 5.41) is 0. The van der Waals surface area contributed by atoms with Crippen molar-refractivity contribution in [3.05, 3.63) is 23.8 Å². The predicted octanol–water partition coefficient (Wildman–Crippen LogP) is 2.94. The molecule has 0 heterocycles. The molecule has 82 valence electrons. The molecule has 0 aliphatic carbocycles. The summed E-state index contributed by atoms with van der Waals surface area (Å²) >= 11 is 1.67. The Bertz CT molecular complexity index is 347. The summed E-state index contributed by atoms with van der Waals surface area (Å²) in [6.45, 7) is 4.17. The first-order valence-corrected chi connectivity index (χ1v) is 6.19. The highest BCUT2D eigenvalue weighted by Gasteiger charge is 2.06. The molecule has 0 amide bonds. The molecule has 2 nitrogen and oxygen atoms in total. The fourth-order valence-electron chi connectivity index (χ4n) is 1.37. The van der Waals surface area contributed by atoms with E-state index in [4.69, 9.17) is 4.74 Å². The fraction of sp³-hybridized carbons (Fsp3) is 0.417. The van der Waals surface area contributed by atoms with E-state index >= 15 is 0 Å². The lowest BCUT2D eigenvalue weighted by Crippen LogP contribution is -2.01. The number of ether oxygens (including phenoxy) is 1. The number of thioether (sulfide) groups is 1. The summed E-state index contributed by atoms with van der Waals surface area (Å²) in [5.74, 6) is 0.993. The predicted molar refractivity (Wildman–Crippen MR) is 63.8 cm³/mol. The number of carbonyl (C=O) groups is 1. The van der Waals surface area contributed by atoms with Crippen molar-refractivity contribution >= 4 is 17.5 Å². The number of rotatable bonds is 5. The van der Waals surface area contributed by atoms with Gasteiger partial charge in [-0.1, -0.05) is 6.07 Å². The molecule has 1 aromatic rings. The van der Waals surface area contributed by atoms with Crippen molar-refractivity contribution in [3.63, 3.8) is 0 Å². The average Bonchev–Trinajstić information content (AvgIpc) is 2.20. The van der Waals surface area contributed by atoms with E-state index in [0.29, 0.717) is 13.0 Å². The topological polar surface area (TPSA) is 26.3 Å². The van der Waals surface area contributed by atoms with Gasteiger partial charge in [-0.15, -0.1) is 11.8 Å². The number of hydrogen-bond acceptors (Lipinski definition) is 3. The molecular formula is C12H16O2S. The van der Waals surface area contributed by atoms with Crippen LogP contribution in [0, 0.1) is 0 Å². The number of hydrogen-bond donors (Lipinski definition) is 0. The molecule has 0 radical (unpaired) electrons. The second kappa shape index (κ2) is 5.81. The third kappa shape index (κ3) is 3.59. The first-order valence-electron chi connectivity index (χ1n) is 4.96. The maximum atomic E-state index is 11.1. The van der Waals surface area contributed by atoms with E-state index in [2.05, 4.69) is 0 Å². The summed E-state index contributed by atoms with van der Waals surface area (Å²) in [4.78, 5) is 12.2. The molecule has 0 spiro atoms. The quantitative estimate of drug-likeness (QED) is 0.719. The van der Waals surface area contributed by atoms with Gasteiger partial charge in [0, 0.05) is 16.9 Å². The van der Waals surface area contributed by atoms with Crippen LogP contribution in [0.25, 0.3) is 0 Å². The number of benzene rings is 1. The van der Waals surface area contributed by atoms with Crippen molar-refractivity contribution in [2.75, 3.05) is 12.9 Å². The highest BCUT2D eigenvalue weighted by Crippen LogP contribution is 2.26. The molecule has 0 aliphatic heterocycles. The molecule has 1 rings (SSSR count). The fourth-order valence-corrected chi connectivity index (χ4v) is 1.79. The van der Waals surface area contributed by atoms with Gasteiger partial charge in [-0.2, -0.15) is 0 Å². The zero-order valence-electron chi connectivity index (χ0n) is 9.37. The highest BCUT2D eigenvalue weighted by atomic mass is 32.2. The van der Waals surface area contributed by atoms with Gasteiger partial charge in [-0.05, 0) is 32.2 Å². The van der Waals surface area contributed by atoms with Gasteiger partial charge in [0.1, 0.15) is 11.5 Å². The summed E-state index contributed by atoms with van der Waals surface area (Å²) in [5.41, 5.74) is 0.974. The molecule has 0 atom stereocenters. The van der Waals surface area contributed by atoms with Crippen molar-refractivity contribution in [1.29, 1.82) is 0 Å². The molecule has 0 saturated heterocycles. The second-order valence-electron chi connectivity index (χ2n) is 3.29. The first-order chi connectivity index (χ1) is 7.17. The molecule has 0 saturated carbocycles. The van der Waals surface area contributed by atoms with Crippen LogP contribution in [-0.4, -0.2) is 18.6 Å². The first kappa shape index (κ1) is 12.1. The minimum absolute atomic E-state index is 0.160. The van der Waals surface area contributed by atoms with E-state index in [1.165, 1.54) is 0 Å². The van der Waals surface area contributed by atoms with Crippen LogP contribution in [0.15, 0.2) is 23.1 Å². The molecule has 0 aliphatic rings. The third-order valence-corrected chi connectivity index (χ3v) is 2.74. The summed E-state index contributed by atoms with van der Waals surface area (Å²) in [6.07, 6.45) is 2.47. The molecule has 0 aromatic heterocycles. The van der Waals surface area contributed by atoms with Gasteiger partial charge in [0.15, 0.2) is 0 Å². The van der Waals surface area contributed by atoms with Crippen molar-refractivity contribution in [2.45, 2.75) is 25.2 Å². The van der Waals surface area contributed by atoms with Crippen molar-refractivity contribution in [2.24, 2.45) is 0 Å². The van der Waals surface area contributed by atoms with Crippen molar-refractivity contribution in [3.8, 4) is 5.75 Å². The van der Waals surface area contributed by atoms with Gasteiger partial charge in [-0.25, -0.2) is 0 Å². The number of ketones is 1. The lowest BCUT2D eigenvalue weighted by Gasteiger charge is -2.10. The normalized spacial score (nSPS) is 10.1. The van der Waals surface area contributed by atoms with Crippen LogP contribution in [-0.2, 0) is 11.2 Å². The van der Waals surface area contributed by atoms with E-state index in [-0.39, 0.29) is 5.78 Å². The zero-order valence-corrected chi connectivity index (χ0v) is 10.2. The minimum Gasteiger partial charge on any atom is -0.494 e. The standard InChI is InChI=1S/C12H16O2S/c1-4-14-12-8-11(15-3)6-5-10(12)7-9(2)13/h5-6,8H,4,7H2,1-3H3. The van der Waals surface area contributed by atoms with Gasteiger partial charge in [0.25, 0.3) is 0 Å². The average molecular weight is 224 g/mol.